The van der Waals surface area contributed by atoms with Gasteiger partial charge in [0.25, 0.3) is 6.71 Å². The van der Waals surface area contributed by atoms with Crippen molar-refractivity contribution in [1.82, 2.24) is 0 Å². The lowest BCUT2D eigenvalue weighted by atomic mass is 9.36. The highest BCUT2D eigenvalue weighted by Gasteiger charge is 2.46. The second-order valence-corrected chi connectivity index (χ2v) is 21.3. The predicted octanol–water partition coefficient (Wildman–Crippen LogP) is 13.3. The van der Waals surface area contributed by atoms with Gasteiger partial charge in [-0.2, -0.15) is 0 Å². The quantitative estimate of drug-likeness (QED) is 0.165. The molecule has 4 aliphatic rings. The highest BCUT2D eigenvalue weighted by atomic mass is 32.1. The van der Waals surface area contributed by atoms with Crippen molar-refractivity contribution in [3.8, 4) is 11.1 Å². The van der Waals surface area contributed by atoms with E-state index in [0.29, 0.717) is 0 Å². The van der Waals surface area contributed by atoms with Gasteiger partial charge in [-0.15, -0.1) is 11.3 Å². The number of hydrogen-bond acceptors (Lipinski definition) is 3. The average Bonchev–Trinajstić information content (AvgIpc) is 3.60. The van der Waals surface area contributed by atoms with Crippen LogP contribution in [-0.4, -0.2) is 6.71 Å². The fraction of sp³-hybridized carbons (Fsp3) is 0.296. The molecule has 11 rings (SSSR count). The molecule has 2 aliphatic heterocycles. The molecule has 0 saturated heterocycles. The van der Waals surface area contributed by atoms with Crippen LogP contribution in [0.1, 0.15) is 103 Å². The Bertz CT molecular complexity index is 2820. The van der Waals surface area contributed by atoms with Crippen LogP contribution in [0.2, 0.25) is 0 Å². The lowest BCUT2D eigenvalue weighted by Gasteiger charge is -2.44. The molecule has 0 fully saturated rings. The molecule has 0 radical (unpaired) electrons. The van der Waals surface area contributed by atoms with Crippen LogP contribution < -0.4 is 25.5 Å². The molecule has 0 amide bonds. The van der Waals surface area contributed by atoms with Gasteiger partial charge in [0.15, 0.2) is 0 Å². The van der Waals surface area contributed by atoms with Gasteiger partial charge in [0, 0.05) is 43.3 Å². The molecule has 2 aliphatic carbocycles. The van der Waals surface area contributed by atoms with E-state index < -0.39 is 0 Å². The molecule has 2 nitrogen and oxygen atoms in total. The summed E-state index contributed by atoms with van der Waals surface area (Å²) in [5.74, 6) is 0. The summed E-state index contributed by atoms with van der Waals surface area (Å²) >= 11 is 1.99. The summed E-state index contributed by atoms with van der Waals surface area (Å²) in [6.07, 6.45) is 4.83. The highest BCUT2D eigenvalue weighted by molar-refractivity contribution is 7.33. The topological polar surface area (TPSA) is 6.48 Å². The van der Waals surface area contributed by atoms with Crippen LogP contribution in [0, 0.1) is 0 Å². The molecule has 3 heterocycles. The lowest BCUT2D eigenvalue weighted by molar-refractivity contribution is 0.332. The number of anilines is 6. The molecule has 58 heavy (non-hydrogen) atoms. The Labute approximate surface area is 349 Å². The van der Waals surface area contributed by atoms with E-state index in [2.05, 4.69) is 193 Å². The molecule has 6 aromatic carbocycles. The minimum absolute atomic E-state index is 0.0971. The van der Waals surface area contributed by atoms with Crippen LogP contribution in [-0.2, 0) is 21.7 Å². The van der Waals surface area contributed by atoms with E-state index in [-0.39, 0.29) is 28.4 Å². The summed E-state index contributed by atoms with van der Waals surface area (Å²) in [4.78, 5) is 5.15. The Morgan fingerprint density at radius 1 is 0.466 bits per heavy atom. The SMILES string of the molecule is CC1(C)CCC(C)(C)c2cc(-c3ccc4sc5c(c4c3)N(c3ccc4c(c3)C(C)(C)CCC4(C)C)c3cccc4c3B5c3ccccc3N4c3ccccc3)ccc21. The zero-order valence-electron chi connectivity index (χ0n) is 35.3. The summed E-state index contributed by atoms with van der Waals surface area (Å²) in [5.41, 5.74) is 19.6. The summed E-state index contributed by atoms with van der Waals surface area (Å²) < 4.78 is 2.77. The van der Waals surface area contributed by atoms with Gasteiger partial charge in [-0.05, 0) is 146 Å². The fourth-order valence-electron chi connectivity index (χ4n) is 11.2. The van der Waals surface area contributed by atoms with Crippen molar-refractivity contribution in [3.63, 3.8) is 0 Å². The van der Waals surface area contributed by atoms with Gasteiger partial charge in [0.05, 0.1) is 5.69 Å². The van der Waals surface area contributed by atoms with Gasteiger partial charge in [-0.25, -0.2) is 0 Å². The standard InChI is InChI=1S/C54H53BN2S/c1-51(2)27-29-53(5,6)41-32-35(21-24-39(41)51)34-22-26-47-38(31-34)49-50(58-47)55-43-17-12-13-18-44(43)56(36-15-10-9-11-16-36)45-19-14-20-46(48(45)55)57(49)37-23-25-40-42(33-37)54(7,8)30-28-52(40,3)4/h9-26,31-33H,27-30H2,1-8H3. The van der Waals surface area contributed by atoms with Crippen LogP contribution in [0.25, 0.3) is 21.2 Å². The third-order valence-electron chi connectivity index (χ3n) is 14.8. The molecule has 1 aromatic heterocycles. The lowest BCUT2D eigenvalue weighted by Crippen LogP contribution is -2.60. The van der Waals surface area contributed by atoms with Crippen molar-refractivity contribution in [2.75, 3.05) is 9.80 Å². The minimum Gasteiger partial charge on any atom is -0.311 e. The maximum Gasteiger partial charge on any atom is 0.264 e. The Morgan fingerprint density at radius 3 is 1.72 bits per heavy atom. The first kappa shape index (κ1) is 36.1. The first-order valence-corrected chi connectivity index (χ1v) is 22.3. The van der Waals surface area contributed by atoms with Crippen molar-refractivity contribution >= 4 is 78.0 Å². The molecule has 0 saturated carbocycles. The van der Waals surface area contributed by atoms with E-state index in [1.165, 1.54) is 119 Å². The third kappa shape index (κ3) is 5.16. The molecule has 4 heteroatoms. The van der Waals surface area contributed by atoms with Gasteiger partial charge in [0.1, 0.15) is 0 Å². The van der Waals surface area contributed by atoms with Gasteiger partial charge in [0.2, 0.25) is 0 Å². The van der Waals surface area contributed by atoms with E-state index in [1.807, 2.05) is 11.3 Å². The molecule has 288 valence electrons. The second kappa shape index (κ2) is 12.2. The van der Waals surface area contributed by atoms with E-state index in [1.54, 1.807) is 0 Å². The van der Waals surface area contributed by atoms with Crippen LogP contribution in [0.3, 0.4) is 0 Å². The Kier molecular flexibility index (Phi) is 7.61. The summed E-state index contributed by atoms with van der Waals surface area (Å²) in [5, 5.41) is 1.34. The predicted molar refractivity (Wildman–Crippen MR) is 252 cm³/mol. The number of fused-ring (bicyclic) bond motifs is 8. The molecular formula is C54H53BN2S. The molecule has 0 N–H and O–H groups in total. The van der Waals surface area contributed by atoms with Crippen LogP contribution >= 0.6 is 11.3 Å². The minimum atomic E-state index is 0.0971. The van der Waals surface area contributed by atoms with E-state index in [4.69, 9.17) is 0 Å². The largest absolute Gasteiger partial charge is 0.311 e. The van der Waals surface area contributed by atoms with Gasteiger partial charge < -0.3 is 9.80 Å². The normalized spacial score (nSPS) is 18.9. The second-order valence-electron chi connectivity index (χ2n) is 20.3. The molecule has 0 atom stereocenters. The van der Waals surface area contributed by atoms with Gasteiger partial charge in [-0.1, -0.05) is 128 Å². The number of nitrogens with zero attached hydrogens (tertiary/aromatic N) is 2. The maximum atomic E-state index is 2.65. The van der Waals surface area contributed by atoms with Crippen molar-refractivity contribution < 1.29 is 0 Å². The number of hydrogen-bond donors (Lipinski definition) is 0. The van der Waals surface area contributed by atoms with Crippen LogP contribution in [0.15, 0.2) is 127 Å². The van der Waals surface area contributed by atoms with E-state index in [9.17, 15) is 0 Å². The smallest absolute Gasteiger partial charge is 0.264 e. The number of para-hydroxylation sites is 2. The number of benzene rings is 6. The number of thiophene rings is 1. The molecule has 0 bridgehead atoms. The number of rotatable bonds is 3. The van der Waals surface area contributed by atoms with Crippen molar-refractivity contribution in [2.45, 2.75) is 103 Å². The molecule has 7 aromatic rings. The Balaban J connectivity index is 1.18. The Morgan fingerprint density at radius 2 is 1.02 bits per heavy atom. The van der Waals surface area contributed by atoms with Crippen molar-refractivity contribution in [3.05, 3.63) is 150 Å². The van der Waals surface area contributed by atoms with E-state index >= 15 is 0 Å². The maximum absolute atomic E-state index is 2.65. The molecule has 0 spiro atoms. The monoisotopic (exact) mass is 772 g/mol. The first-order valence-electron chi connectivity index (χ1n) is 21.5. The third-order valence-corrected chi connectivity index (χ3v) is 16.0. The van der Waals surface area contributed by atoms with E-state index in [0.717, 1.165) is 0 Å². The molecule has 0 unspecified atom stereocenters. The highest BCUT2D eigenvalue weighted by Crippen LogP contribution is 2.52. The average molecular weight is 773 g/mol. The molecular weight excluding hydrogens is 719 g/mol. The van der Waals surface area contributed by atoms with Crippen molar-refractivity contribution in [2.24, 2.45) is 0 Å². The van der Waals surface area contributed by atoms with Gasteiger partial charge >= 0.3 is 0 Å². The van der Waals surface area contributed by atoms with Crippen LogP contribution in [0.5, 0.6) is 0 Å². The Hall–Kier alpha value is -5.06. The zero-order valence-corrected chi connectivity index (χ0v) is 36.1. The summed E-state index contributed by atoms with van der Waals surface area (Å²) in [6.45, 7) is 19.6. The van der Waals surface area contributed by atoms with Gasteiger partial charge in [-0.3, -0.25) is 0 Å². The zero-order chi connectivity index (χ0) is 39.9. The summed E-state index contributed by atoms with van der Waals surface area (Å²) in [6, 6.07) is 49.2. The van der Waals surface area contributed by atoms with Crippen molar-refractivity contribution in [1.29, 1.82) is 0 Å². The van der Waals surface area contributed by atoms with Crippen LogP contribution in [0.4, 0.5) is 34.1 Å². The first-order chi connectivity index (χ1) is 27.7. The fourth-order valence-corrected chi connectivity index (χ4v) is 12.5. The summed E-state index contributed by atoms with van der Waals surface area (Å²) in [7, 11) is 0.